The minimum atomic E-state index is -3.50. The molecule has 2 aliphatic heterocycles. The molecule has 4 aliphatic rings. The highest BCUT2D eigenvalue weighted by Gasteiger charge is 2.43. The molecule has 2 saturated heterocycles. The quantitative estimate of drug-likeness (QED) is 0.475. The highest BCUT2D eigenvalue weighted by atomic mass is 32.2. The van der Waals surface area contributed by atoms with Gasteiger partial charge >= 0.3 is 0 Å². The molecule has 2 heterocycles. The third-order valence-corrected chi connectivity index (χ3v) is 10.4. The summed E-state index contributed by atoms with van der Waals surface area (Å²) in [4.78, 5) is 0.398. The van der Waals surface area contributed by atoms with Crippen LogP contribution in [0, 0.1) is 0 Å². The Morgan fingerprint density at radius 2 is 1.32 bits per heavy atom. The van der Waals surface area contributed by atoms with Gasteiger partial charge in [0.2, 0.25) is 0 Å². The van der Waals surface area contributed by atoms with E-state index in [9.17, 15) is 8.42 Å². The fraction of sp³-hybridized carbons (Fsp3) is 0.630. The van der Waals surface area contributed by atoms with Crippen LogP contribution in [0.2, 0.25) is 0 Å². The summed E-state index contributed by atoms with van der Waals surface area (Å²) in [5, 5.41) is -0.497. The third kappa shape index (κ3) is 4.78. The van der Waals surface area contributed by atoms with Gasteiger partial charge in [0, 0.05) is 0 Å². The van der Waals surface area contributed by atoms with Crippen molar-refractivity contribution in [2.24, 2.45) is 0 Å². The van der Waals surface area contributed by atoms with Crippen LogP contribution in [0.1, 0.15) is 64.2 Å². The summed E-state index contributed by atoms with van der Waals surface area (Å²) in [6.07, 6.45) is 13.0. The van der Waals surface area contributed by atoms with Crippen molar-refractivity contribution in [3.8, 4) is 0 Å². The maximum atomic E-state index is 13.8. The van der Waals surface area contributed by atoms with Crippen LogP contribution in [0.15, 0.2) is 58.5 Å². The average Bonchev–Trinajstić information content (AvgIpc) is 2.89. The molecule has 6 nitrogen and oxygen atoms in total. The number of benzene rings is 1. The second-order valence-electron chi connectivity index (χ2n) is 10.0. The summed E-state index contributed by atoms with van der Waals surface area (Å²) in [7, 11) is -3.50. The van der Waals surface area contributed by atoms with Gasteiger partial charge in [0.15, 0.2) is 9.84 Å². The van der Waals surface area contributed by atoms with Crippen LogP contribution in [0.5, 0.6) is 0 Å². The fourth-order valence-electron chi connectivity index (χ4n) is 6.10. The molecule has 34 heavy (non-hydrogen) atoms. The predicted octanol–water partition coefficient (Wildman–Crippen LogP) is 5.10. The number of ether oxygens (including phenoxy) is 4. The minimum Gasteiger partial charge on any atom is -0.351 e. The Morgan fingerprint density at radius 3 is 1.85 bits per heavy atom. The van der Waals surface area contributed by atoms with Crippen molar-refractivity contribution in [2.75, 3.05) is 26.8 Å². The van der Waals surface area contributed by atoms with Gasteiger partial charge in [-0.2, -0.15) is 0 Å². The second kappa shape index (κ2) is 10.2. The first kappa shape index (κ1) is 24.2. The Labute approximate surface area is 203 Å². The van der Waals surface area contributed by atoms with Gasteiger partial charge < -0.3 is 18.9 Å². The first-order valence-electron chi connectivity index (χ1n) is 12.7. The van der Waals surface area contributed by atoms with Gasteiger partial charge in [-0.15, -0.1) is 0 Å². The van der Waals surface area contributed by atoms with E-state index in [1.165, 1.54) is 11.1 Å². The number of sulfone groups is 1. The molecular formula is C27H36O6S. The lowest BCUT2D eigenvalue weighted by atomic mass is 9.77. The number of hydrogen-bond acceptors (Lipinski definition) is 6. The molecule has 0 spiro atoms. The van der Waals surface area contributed by atoms with Crippen molar-refractivity contribution in [3.05, 3.63) is 53.6 Å². The van der Waals surface area contributed by atoms with E-state index in [1.807, 2.05) is 6.07 Å². The molecule has 5 rings (SSSR count). The van der Waals surface area contributed by atoms with E-state index in [1.54, 1.807) is 24.3 Å². The summed E-state index contributed by atoms with van der Waals surface area (Å²) in [5.41, 5.74) is 1.60. The normalized spacial score (nSPS) is 30.5. The van der Waals surface area contributed by atoms with Crippen molar-refractivity contribution in [2.45, 2.75) is 85.6 Å². The van der Waals surface area contributed by atoms with E-state index in [0.717, 1.165) is 38.5 Å². The van der Waals surface area contributed by atoms with Crippen LogP contribution in [0.3, 0.4) is 0 Å². The molecule has 1 aromatic rings. The lowest BCUT2D eigenvalue weighted by molar-refractivity contribution is -0.170. The Balaban J connectivity index is 1.39. The number of allylic oxidation sites excluding steroid dienone is 2. The first-order chi connectivity index (χ1) is 16.5. The molecule has 0 saturated carbocycles. The molecule has 2 unspecified atom stereocenters. The van der Waals surface area contributed by atoms with Gasteiger partial charge in [-0.05, 0) is 87.5 Å². The van der Waals surface area contributed by atoms with Gasteiger partial charge in [-0.1, -0.05) is 30.4 Å². The Morgan fingerprint density at radius 1 is 0.794 bits per heavy atom. The third-order valence-electron chi connectivity index (χ3n) is 8.12. The summed E-state index contributed by atoms with van der Waals surface area (Å²) in [5.74, 6) is 0. The summed E-state index contributed by atoms with van der Waals surface area (Å²) >= 11 is 0. The highest BCUT2D eigenvalue weighted by molar-refractivity contribution is 7.92. The van der Waals surface area contributed by atoms with E-state index in [-0.39, 0.29) is 24.8 Å². The maximum Gasteiger partial charge on any atom is 0.181 e. The molecule has 1 aromatic carbocycles. The van der Waals surface area contributed by atoms with E-state index >= 15 is 0 Å². The topological polar surface area (TPSA) is 71.1 Å². The molecular weight excluding hydrogens is 452 g/mol. The van der Waals surface area contributed by atoms with Crippen LogP contribution in [0.25, 0.3) is 0 Å². The van der Waals surface area contributed by atoms with E-state index in [4.69, 9.17) is 18.9 Å². The average molecular weight is 489 g/mol. The molecule has 2 fully saturated rings. The summed E-state index contributed by atoms with van der Waals surface area (Å²) in [6.45, 7) is 1.72. The van der Waals surface area contributed by atoms with Gasteiger partial charge in [-0.25, -0.2) is 8.42 Å². The largest absolute Gasteiger partial charge is 0.351 e. The number of hydrogen-bond donors (Lipinski definition) is 0. The zero-order valence-electron chi connectivity index (χ0n) is 19.9. The van der Waals surface area contributed by atoms with Crippen molar-refractivity contribution in [1.29, 1.82) is 0 Å². The smallest absolute Gasteiger partial charge is 0.181 e. The SMILES string of the molecule is O=S(=O)(c1ccccc1)C(CCC12CCCC=C1COCO2)CCC12CCCC=C1COCO2. The number of fused-ring (bicyclic) bond motifs is 2. The van der Waals surface area contributed by atoms with Crippen LogP contribution < -0.4 is 0 Å². The van der Waals surface area contributed by atoms with Crippen molar-refractivity contribution in [1.82, 2.24) is 0 Å². The fourth-order valence-corrected chi connectivity index (χ4v) is 7.88. The van der Waals surface area contributed by atoms with Gasteiger partial charge in [0.05, 0.1) is 34.6 Å². The van der Waals surface area contributed by atoms with Crippen molar-refractivity contribution >= 4 is 9.84 Å². The lowest BCUT2D eigenvalue weighted by Gasteiger charge is -2.43. The standard InChI is InChI=1S/C27H36O6S/c28-34(29,24-10-2-1-3-11-24)25(12-16-26-14-6-4-8-22(26)18-30-20-32-26)13-17-27-15-7-5-9-23(27)19-31-21-33-27/h1-3,8-11,25H,4-7,12-21H2. The first-order valence-corrected chi connectivity index (χ1v) is 14.2. The zero-order valence-corrected chi connectivity index (χ0v) is 20.7. The van der Waals surface area contributed by atoms with E-state index in [2.05, 4.69) is 12.2 Å². The maximum absolute atomic E-state index is 13.8. The highest BCUT2D eigenvalue weighted by Crippen LogP contribution is 2.43. The van der Waals surface area contributed by atoms with Gasteiger partial charge in [-0.3, -0.25) is 0 Å². The van der Waals surface area contributed by atoms with E-state index < -0.39 is 15.1 Å². The Bertz CT molecular complexity index is 969. The van der Waals surface area contributed by atoms with Crippen LogP contribution in [0.4, 0.5) is 0 Å². The molecule has 0 amide bonds. The Kier molecular flexibility index (Phi) is 7.28. The number of rotatable bonds is 8. The molecule has 0 N–H and O–H groups in total. The molecule has 2 aliphatic carbocycles. The van der Waals surface area contributed by atoms with Gasteiger partial charge in [0.1, 0.15) is 13.6 Å². The molecule has 7 heteroatoms. The zero-order chi connectivity index (χ0) is 23.5. The minimum absolute atomic E-state index is 0.276. The van der Waals surface area contributed by atoms with Crippen molar-refractivity contribution in [3.63, 3.8) is 0 Å². The molecule has 186 valence electrons. The van der Waals surface area contributed by atoms with Crippen LogP contribution in [-0.4, -0.2) is 51.7 Å². The lowest BCUT2D eigenvalue weighted by Crippen LogP contribution is -2.45. The second-order valence-corrected chi connectivity index (χ2v) is 12.2. The molecule has 2 atom stereocenters. The summed E-state index contributed by atoms with van der Waals surface area (Å²) < 4.78 is 51.1. The summed E-state index contributed by atoms with van der Waals surface area (Å²) in [6, 6.07) is 8.89. The van der Waals surface area contributed by atoms with Crippen molar-refractivity contribution < 1.29 is 27.4 Å². The molecule has 0 radical (unpaired) electrons. The predicted molar refractivity (Wildman–Crippen MR) is 129 cm³/mol. The van der Waals surface area contributed by atoms with Gasteiger partial charge in [0.25, 0.3) is 0 Å². The monoisotopic (exact) mass is 488 g/mol. The molecule has 0 aromatic heterocycles. The van der Waals surface area contributed by atoms with Crippen LogP contribution in [-0.2, 0) is 28.8 Å². The van der Waals surface area contributed by atoms with Crippen LogP contribution >= 0.6 is 0 Å². The Hall–Kier alpha value is -1.51. The molecule has 0 bridgehead atoms. The van der Waals surface area contributed by atoms with E-state index in [0.29, 0.717) is 43.8 Å².